The van der Waals surface area contributed by atoms with Crippen molar-refractivity contribution in [2.75, 3.05) is 5.32 Å². The van der Waals surface area contributed by atoms with Gasteiger partial charge in [0, 0.05) is 24.0 Å². The first-order valence-corrected chi connectivity index (χ1v) is 12.7. The van der Waals surface area contributed by atoms with Crippen LogP contribution in [0.1, 0.15) is 30.6 Å². The number of amides is 1. The largest absolute Gasteiger partial charge is 0.323 e. The van der Waals surface area contributed by atoms with E-state index in [2.05, 4.69) is 10.4 Å². The third kappa shape index (κ3) is 4.81. The van der Waals surface area contributed by atoms with Crippen molar-refractivity contribution in [2.45, 2.75) is 50.6 Å². The molecule has 0 bridgehead atoms. The zero-order chi connectivity index (χ0) is 25.2. The van der Waals surface area contributed by atoms with Gasteiger partial charge in [-0.05, 0) is 50.6 Å². The Bertz CT molecular complexity index is 1560. The molecule has 1 amide bonds. The summed E-state index contributed by atoms with van der Waals surface area (Å²) in [5, 5.41) is 12.9. The second-order valence-corrected chi connectivity index (χ2v) is 9.73. The second kappa shape index (κ2) is 10.1. The fourth-order valence-corrected chi connectivity index (χ4v) is 5.05. The highest BCUT2D eigenvalue weighted by Crippen LogP contribution is 2.29. The Balaban J connectivity index is 1.46. The van der Waals surface area contributed by atoms with Crippen LogP contribution in [0.5, 0.6) is 0 Å². The van der Waals surface area contributed by atoms with E-state index in [0.29, 0.717) is 36.0 Å². The molecule has 0 aliphatic heterocycles. The van der Waals surface area contributed by atoms with Crippen LogP contribution < -0.4 is 5.32 Å². The van der Waals surface area contributed by atoms with Gasteiger partial charge in [0.05, 0.1) is 22.1 Å². The Hall–Kier alpha value is -3.79. The average Bonchev–Trinajstić information content (AvgIpc) is 3.44. The number of hydrogen-bond donors (Lipinski definition) is 1. The first kappa shape index (κ1) is 23.9. The summed E-state index contributed by atoms with van der Waals surface area (Å²) in [4.78, 5) is 22.6. The average molecular weight is 504 g/mol. The molecule has 0 unspecified atom stereocenters. The number of halogens is 1. The molecule has 5 rings (SSSR count). The predicted octanol–water partition coefficient (Wildman–Crippen LogP) is 4.98. The minimum atomic E-state index is -0.496. The first-order chi connectivity index (χ1) is 17.4. The number of benzene rings is 2. The summed E-state index contributed by atoms with van der Waals surface area (Å²) in [5.41, 5.74) is 3.69. The van der Waals surface area contributed by atoms with Crippen LogP contribution in [0.4, 0.5) is 10.1 Å². The van der Waals surface area contributed by atoms with Crippen LogP contribution in [0.2, 0.25) is 0 Å². The maximum Gasteiger partial charge on any atom is 0.238 e. The minimum absolute atomic E-state index is 0.158. The molecule has 5 aromatic rings. The molecule has 10 heteroatoms. The number of nitrogens with zero attached hydrogens (tertiary/aromatic N) is 6. The highest BCUT2D eigenvalue weighted by molar-refractivity contribution is 8.00. The van der Waals surface area contributed by atoms with Crippen molar-refractivity contribution in [1.29, 1.82) is 0 Å². The normalized spacial score (nSPS) is 12.3. The van der Waals surface area contributed by atoms with Crippen LogP contribution >= 0.6 is 11.8 Å². The SMILES string of the molecule is CC[C@H](Sc1nc2ccccc2c2nc(CCn3nc(C)cc3C)nn12)C(=O)Nc1ccccc1F. The lowest BCUT2D eigenvalue weighted by atomic mass is 10.2. The van der Waals surface area contributed by atoms with E-state index in [1.54, 1.807) is 22.7 Å². The lowest BCUT2D eigenvalue weighted by molar-refractivity contribution is -0.115. The van der Waals surface area contributed by atoms with E-state index >= 15 is 0 Å². The van der Waals surface area contributed by atoms with Crippen molar-refractivity contribution in [3.8, 4) is 0 Å². The van der Waals surface area contributed by atoms with E-state index < -0.39 is 11.1 Å². The highest BCUT2D eigenvalue weighted by Gasteiger charge is 2.23. The van der Waals surface area contributed by atoms with E-state index in [1.165, 1.54) is 17.8 Å². The van der Waals surface area contributed by atoms with Gasteiger partial charge < -0.3 is 5.32 Å². The van der Waals surface area contributed by atoms with Crippen molar-refractivity contribution >= 4 is 39.9 Å². The number of thioether (sulfide) groups is 1. The smallest absolute Gasteiger partial charge is 0.238 e. The Morgan fingerprint density at radius 1 is 1.08 bits per heavy atom. The molecule has 36 heavy (non-hydrogen) atoms. The maximum absolute atomic E-state index is 14.1. The Morgan fingerprint density at radius 2 is 1.86 bits per heavy atom. The van der Waals surface area contributed by atoms with Crippen LogP contribution in [0.15, 0.2) is 59.8 Å². The molecule has 2 aromatic carbocycles. The minimum Gasteiger partial charge on any atom is -0.323 e. The number of carbonyl (C=O) groups is 1. The van der Waals surface area contributed by atoms with Crippen LogP contribution in [0.25, 0.3) is 16.6 Å². The molecule has 8 nitrogen and oxygen atoms in total. The van der Waals surface area contributed by atoms with Gasteiger partial charge in [0.1, 0.15) is 5.82 Å². The fourth-order valence-electron chi connectivity index (χ4n) is 4.09. The summed E-state index contributed by atoms with van der Waals surface area (Å²) in [6.45, 7) is 6.58. The molecular weight excluding hydrogens is 477 g/mol. The number of carbonyl (C=O) groups excluding carboxylic acids is 1. The second-order valence-electron chi connectivity index (χ2n) is 8.56. The number of fused-ring (bicyclic) bond motifs is 3. The fraction of sp³-hybridized carbons (Fsp3) is 0.269. The van der Waals surface area contributed by atoms with E-state index in [4.69, 9.17) is 15.1 Å². The molecule has 0 aliphatic carbocycles. The van der Waals surface area contributed by atoms with Crippen LogP contribution in [-0.2, 0) is 17.8 Å². The summed E-state index contributed by atoms with van der Waals surface area (Å²) >= 11 is 1.30. The molecule has 3 heterocycles. The van der Waals surface area contributed by atoms with Crippen LogP contribution in [-0.4, -0.2) is 40.5 Å². The van der Waals surface area contributed by atoms with Gasteiger partial charge in [0.2, 0.25) is 5.91 Å². The molecule has 0 saturated carbocycles. The summed E-state index contributed by atoms with van der Waals surface area (Å²) in [6.07, 6.45) is 1.13. The third-order valence-corrected chi connectivity index (χ3v) is 7.19. The van der Waals surface area contributed by atoms with Crippen molar-refractivity contribution in [2.24, 2.45) is 0 Å². The standard InChI is InChI=1S/C26H26FN7OS/c1-4-22(25(35)28-21-12-8-6-10-19(21)27)36-26-29-20-11-7-5-9-18(20)24-30-23(32-34(24)26)13-14-33-17(3)15-16(2)31-33/h5-12,15,22H,4,13-14H2,1-3H3,(H,28,35)/t22-/m0/s1. The van der Waals surface area contributed by atoms with E-state index in [-0.39, 0.29) is 11.6 Å². The molecule has 1 atom stereocenters. The van der Waals surface area contributed by atoms with Gasteiger partial charge in [-0.2, -0.15) is 9.61 Å². The van der Waals surface area contributed by atoms with Gasteiger partial charge >= 0.3 is 0 Å². The topological polar surface area (TPSA) is 90.0 Å². The van der Waals surface area contributed by atoms with E-state index in [9.17, 15) is 9.18 Å². The van der Waals surface area contributed by atoms with Crippen LogP contribution in [0, 0.1) is 19.7 Å². The number of rotatable bonds is 8. The van der Waals surface area contributed by atoms with E-state index in [1.807, 2.05) is 55.8 Å². The van der Waals surface area contributed by atoms with Crippen LogP contribution in [0.3, 0.4) is 0 Å². The quantitative estimate of drug-likeness (QED) is 0.237. The molecule has 0 saturated heterocycles. The van der Waals surface area contributed by atoms with Crippen molar-refractivity contribution < 1.29 is 9.18 Å². The van der Waals surface area contributed by atoms with Gasteiger partial charge in [-0.3, -0.25) is 9.48 Å². The molecule has 3 aromatic heterocycles. The number of hydrogen-bond acceptors (Lipinski definition) is 6. The van der Waals surface area contributed by atoms with Gasteiger partial charge in [-0.1, -0.05) is 43.0 Å². The first-order valence-electron chi connectivity index (χ1n) is 11.8. The molecule has 0 radical (unpaired) electrons. The summed E-state index contributed by atoms with van der Waals surface area (Å²) < 4.78 is 17.8. The molecule has 0 fully saturated rings. The summed E-state index contributed by atoms with van der Waals surface area (Å²) in [5.74, 6) is -0.0903. The number of anilines is 1. The zero-order valence-electron chi connectivity index (χ0n) is 20.3. The van der Waals surface area contributed by atoms with Crippen molar-refractivity contribution in [1.82, 2.24) is 29.4 Å². The Morgan fingerprint density at radius 3 is 2.61 bits per heavy atom. The molecule has 1 N–H and O–H groups in total. The van der Waals surface area contributed by atoms with Gasteiger partial charge in [-0.25, -0.2) is 14.4 Å². The lowest BCUT2D eigenvalue weighted by Gasteiger charge is -2.15. The molecule has 0 aliphatic rings. The van der Waals surface area contributed by atoms with Crippen molar-refractivity contribution in [3.05, 3.63) is 77.6 Å². The third-order valence-electron chi connectivity index (χ3n) is 5.89. The lowest BCUT2D eigenvalue weighted by Crippen LogP contribution is -2.25. The Labute approximate surface area is 211 Å². The number of aromatic nitrogens is 6. The van der Waals surface area contributed by atoms with Gasteiger partial charge in [0.15, 0.2) is 16.6 Å². The summed E-state index contributed by atoms with van der Waals surface area (Å²) in [6, 6.07) is 15.9. The number of para-hydroxylation sites is 2. The molecule has 184 valence electrons. The maximum atomic E-state index is 14.1. The predicted molar refractivity (Wildman–Crippen MR) is 139 cm³/mol. The molecular formula is C26H26FN7OS. The monoisotopic (exact) mass is 503 g/mol. The highest BCUT2D eigenvalue weighted by atomic mass is 32.2. The van der Waals surface area contributed by atoms with E-state index in [0.717, 1.165) is 22.3 Å². The summed E-state index contributed by atoms with van der Waals surface area (Å²) in [7, 11) is 0. The number of aryl methyl sites for hydroxylation is 4. The van der Waals surface area contributed by atoms with Gasteiger partial charge in [0.25, 0.3) is 0 Å². The Kier molecular flexibility index (Phi) is 6.69. The van der Waals surface area contributed by atoms with Gasteiger partial charge in [-0.15, -0.1) is 5.10 Å². The van der Waals surface area contributed by atoms with Crippen molar-refractivity contribution in [3.63, 3.8) is 0 Å². The molecule has 0 spiro atoms. The number of nitrogens with one attached hydrogen (secondary N) is 1. The zero-order valence-corrected chi connectivity index (χ0v) is 21.1.